The van der Waals surface area contributed by atoms with E-state index in [4.69, 9.17) is 0 Å². The lowest BCUT2D eigenvalue weighted by atomic mass is 9.97. The molecule has 1 aromatic carbocycles. The second kappa shape index (κ2) is 5.33. The fraction of sp³-hybridized carbons (Fsp3) is 0.562. The van der Waals surface area contributed by atoms with Crippen LogP contribution in [-0.4, -0.2) is 29.9 Å². The van der Waals surface area contributed by atoms with E-state index >= 15 is 0 Å². The summed E-state index contributed by atoms with van der Waals surface area (Å²) >= 11 is 0. The van der Waals surface area contributed by atoms with Crippen molar-refractivity contribution in [1.29, 1.82) is 0 Å². The van der Waals surface area contributed by atoms with Gasteiger partial charge in [0.1, 0.15) is 0 Å². The first-order valence-electron chi connectivity index (χ1n) is 7.03. The molecule has 1 aliphatic rings. The fourth-order valence-electron chi connectivity index (χ4n) is 2.76. The van der Waals surface area contributed by atoms with E-state index in [0.717, 1.165) is 19.4 Å². The van der Waals surface area contributed by atoms with E-state index in [0.29, 0.717) is 0 Å². The van der Waals surface area contributed by atoms with Crippen molar-refractivity contribution < 1.29 is 4.79 Å². The third-order valence-electron chi connectivity index (χ3n) is 4.22. The largest absolute Gasteiger partial charge is 0.334 e. The molecule has 2 rings (SSSR count). The monoisotopic (exact) mass is 260 g/mol. The lowest BCUT2D eigenvalue weighted by Crippen LogP contribution is -2.52. The van der Waals surface area contributed by atoms with Crippen LogP contribution in [0.15, 0.2) is 24.3 Å². The lowest BCUT2D eigenvalue weighted by molar-refractivity contribution is -0.137. The van der Waals surface area contributed by atoms with E-state index in [2.05, 4.69) is 36.5 Å². The molecule has 19 heavy (non-hydrogen) atoms. The van der Waals surface area contributed by atoms with Crippen molar-refractivity contribution in [3.63, 3.8) is 0 Å². The first-order valence-corrected chi connectivity index (χ1v) is 7.03. The number of likely N-dealkylation sites (N-methyl/N-ethyl adjacent to an activating group) is 1. The van der Waals surface area contributed by atoms with E-state index in [-0.39, 0.29) is 11.9 Å². The summed E-state index contributed by atoms with van der Waals surface area (Å²) in [6, 6.07) is 8.63. The van der Waals surface area contributed by atoms with E-state index in [1.165, 1.54) is 11.1 Å². The summed E-state index contributed by atoms with van der Waals surface area (Å²) < 4.78 is 0. The minimum atomic E-state index is -0.495. The Morgan fingerprint density at radius 3 is 2.68 bits per heavy atom. The lowest BCUT2D eigenvalue weighted by Gasteiger charge is -2.33. The van der Waals surface area contributed by atoms with Gasteiger partial charge in [0.25, 0.3) is 0 Å². The first kappa shape index (κ1) is 14.1. The molecule has 0 aromatic heterocycles. The number of hydrogen-bond donors (Lipinski definition) is 1. The number of benzene rings is 1. The molecule has 0 spiro atoms. The smallest absolute Gasteiger partial charge is 0.242 e. The molecule has 104 valence electrons. The standard InChI is InChI=1S/C16H24N2O/c1-12-8-5-6-9-13(12)14-10-7-11-18(14)15(19)16(2,3)17-4/h5-6,8-9,14,17H,7,10-11H2,1-4H3. The molecule has 0 radical (unpaired) electrons. The van der Waals surface area contributed by atoms with Crippen LogP contribution in [0.1, 0.15) is 43.9 Å². The van der Waals surface area contributed by atoms with Crippen molar-refractivity contribution in [2.75, 3.05) is 13.6 Å². The highest BCUT2D eigenvalue weighted by molar-refractivity contribution is 5.86. The van der Waals surface area contributed by atoms with Gasteiger partial charge in [-0.25, -0.2) is 0 Å². The molecule has 1 heterocycles. The van der Waals surface area contributed by atoms with Crippen molar-refractivity contribution >= 4 is 5.91 Å². The zero-order valence-corrected chi connectivity index (χ0v) is 12.4. The van der Waals surface area contributed by atoms with Gasteiger partial charge in [-0.15, -0.1) is 0 Å². The second-order valence-corrected chi connectivity index (χ2v) is 5.89. The zero-order valence-electron chi connectivity index (χ0n) is 12.4. The maximum absolute atomic E-state index is 12.7. The average Bonchev–Trinajstić information content (AvgIpc) is 2.87. The quantitative estimate of drug-likeness (QED) is 0.906. The van der Waals surface area contributed by atoms with E-state index in [9.17, 15) is 4.79 Å². The Hall–Kier alpha value is -1.35. The van der Waals surface area contributed by atoms with E-state index in [1.54, 1.807) is 0 Å². The molecule has 1 amide bonds. The highest BCUT2D eigenvalue weighted by Crippen LogP contribution is 2.34. The van der Waals surface area contributed by atoms with Gasteiger partial charge >= 0.3 is 0 Å². The van der Waals surface area contributed by atoms with Crippen LogP contribution in [0.5, 0.6) is 0 Å². The summed E-state index contributed by atoms with van der Waals surface area (Å²) in [4.78, 5) is 14.7. The van der Waals surface area contributed by atoms with Gasteiger partial charge in [-0.1, -0.05) is 24.3 Å². The molecule has 3 heteroatoms. The Morgan fingerprint density at radius 1 is 1.37 bits per heavy atom. The highest BCUT2D eigenvalue weighted by Gasteiger charge is 2.37. The maximum atomic E-state index is 12.7. The highest BCUT2D eigenvalue weighted by atomic mass is 16.2. The molecule has 1 aromatic rings. The molecule has 3 nitrogen and oxygen atoms in total. The van der Waals surface area contributed by atoms with Gasteiger partial charge in [-0.3, -0.25) is 4.79 Å². The molecule has 0 aliphatic carbocycles. The SMILES string of the molecule is CNC(C)(C)C(=O)N1CCCC1c1ccccc1C. The third-order valence-corrected chi connectivity index (χ3v) is 4.22. The summed E-state index contributed by atoms with van der Waals surface area (Å²) in [5, 5.41) is 3.11. The number of rotatable bonds is 3. The van der Waals surface area contributed by atoms with Gasteiger partial charge in [0, 0.05) is 6.54 Å². The number of nitrogens with one attached hydrogen (secondary N) is 1. The minimum Gasteiger partial charge on any atom is -0.334 e. The molecule has 1 unspecified atom stereocenters. The van der Waals surface area contributed by atoms with E-state index < -0.39 is 5.54 Å². The van der Waals surface area contributed by atoms with Crippen LogP contribution in [0, 0.1) is 6.92 Å². The minimum absolute atomic E-state index is 0.195. The average molecular weight is 260 g/mol. The Bertz CT molecular complexity index is 468. The molecular formula is C16H24N2O. The molecule has 1 aliphatic heterocycles. The van der Waals surface area contributed by atoms with Gasteiger partial charge < -0.3 is 10.2 Å². The summed E-state index contributed by atoms with van der Waals surface area (Å²) in [6.45, 7) is 6.88. The van der Waals surface area contributed by atoms with Gasteiger partial charge in [0.15, 0.2) is 0 Å². The molecule has 1 atom stereocenters. The van der Waals surface area contributed by atoms with Crippen molar-refractivity contribution in [3.05, 3.63) is 35.4 Å². The number of aryl methyl sites for hydroxylation is 1. The maximum Gasteiger partial charge on any atom is 0.242 e. The second-order valence-electron chi connectivity index (χ2n) is 5.89. The van der Waals surface area contributed by atoms with Gasteiger partial charge in [-0.05, 0) is 51.8 Å². The number of carbonyl (C=O) groups is 1. The molecule has 1 saturated heterocycles. The van der Waals surface area contributed by atoms with Crippen LogP contribution in [0.3, 0.4) is 0 Å². The summed E-state index contributed by atoms with van der Waals surface area (Å²) in [6.07, 6.45) is 2.15. The molecular weight excluding hydrogens is 236 g/mol. The van der Waals surface area contributed by atoms with Crippen LogP contribution in [0.25, 0.3) is 0 Å². The number of hydrogen-bond acceptors (Lipinski definition) is 2. The molecule has 0 bridgehead atoms. The Morgan fingerprint density at radius 2 is 2.05 bits per heavy atom. The van der Waals surface area contributed by atoms with Gasteiger partial charge in [0.05, 0.1) is 11.6 Å². The molecule has 1 N–H and O–H groups in total. The predicted octanol–water partition coefficient (Wildman–Crippen LogP) is 2.66. The topological polar surface area (TPSA) is 32.3 Å². The summed E-state index contributed by atoms with van der Waals surface area (Å²) in [7, 11) is 1.84. The number of likely N-dealkylation sites (tertiary alicyclic amines) is 1. The summed E-state index contributed by atoms with van der Waals surface area (Å²) in [5.41, 5.74) is 2.07. The first-order chi connectivity index (χ1) is 8.97. The number of carbonyl (C=O) groups excluding carboxylic acids is 1. The fourth-order valence-corrected chi connectivity index (χ4v) is 2.76. The Labute approximate surface area is 116 Å². The van der Waals surface area contributed by atoms with Crippen LogP contribution in [0.4, 0.5) is 0 Å². The predicted molar refractivity (Wildman–Crippen MR) is 78.0 cm³/mol. The third kappa shape index (κ3) is 2.66. The van der Waals surface area contributed by atoms with Crippen LogP contribution in [0.2, 0.25) is 0 Å². The van der Waals surface area contributed by atoms with Gasteiger partial charge in [0.2, 0.25) is 5.91 Å². The number of amides is 1. The zero-order chi connectivity index (χ0) is 14.0. The van der Waals surface area contributed by atoms with Crippen molar-refractivity contribution in [3.8, 4) is 0 Å². The van der Waals surface area contributed by atoms with Crippen LogP contribution >= 0.6 is 0 Å². The van der Waals surface area contributed by atoms with Crippen LogP contribution in [-0.2, 0) is 4.79 Å². The number of nitrogens with zero attached hydrogens (tertiary/aromatic N) is 1. The Balaban J connectivity index is 2.28. The van der Waals surface area contributed by atoms with Crippen molar-refractivity contribution in [2.45, 2.75) is 45.2 Å². The normalized spacial score (nSPS) is 19.8. The van der Waals surface area contributed by atoms with Crippen molar-refractivity contribution in [2.24, 2.45) is 0 Å². The van der Waals surface area contributed by atoms with Crippen LogP contribution < -0.4 is 5.32 Å². The Kier molecular flexibility index (Phi) is 3.95. The molecule has 0 saturated carbocycles. The van der Waals surface area contributed by atoms with Crippen molar-refractivity contribution in [1.82, 2.24) is 10.2 Å². The molecule has 1 fully saturated rings. The van der Waals surface area contributed by atoms with Gasteiger partial charge in [-0.2, -0.15) is 0 Å². The summed E-state index contributed by atoms with van der Waals surface area (Å²) in [5.74, 6) is 0.195. The van der Waals surface area contributed by atoms with E-state index in [1.807, 2.05) is 25.8 Å².